The van der Waals surface area contributed by atoms with Crippen molar-refractivity contribution in [2.24, 2.45) is 0 Å². The molecule has 25 heavy (non-hydrogen) atoms. The van der Waals surface area contributed by atoms with Crippen molar-refractivity contribution in [2.45, 2.75) is 17.4 Å². The maximum absolute atomic E-state index is 11.1. The first kappa shape index (κ1) is 17.4. The van der Waals surface area contributed by atoms with E-state index >= 15 is 0 Å². The van der Waals surface area contributed by atoms with Gasteiger partial charge >= 0.3 is 5.97 Å². The monoisotopic (exact) mass is 375 g/mol. The molecule has 1 aromatic heterocycles. The number of aromatic hydroxyl groups is 1. The predicted octanol–water partition coefficient (Wildman–Crippen LogP) is 4.93. The second-order valence-electron chi connectivity index (χ2n) is 5.31. The first-order valence-electron chi connectivity index (χ1n) is 7.39. The zero-order chi connectivity index (χ0) is 18.0. The first-order chi connectivity index (χ1) is 11.9. The molecular formula is C18H14ClNO4S. The van der Waals surface area contributed by atoms with Crippen LogP contribution in [0.3, 0.4) is 0 Å². The number of aliphatic carboxylic acids is 1. The highest BCUT2D eigenvalue weighted by Crippen LogP contribution is 2.37. The maximum Gasteiger partial charge on any atom is 0.316 e. The number of rotatable bonds is 5. The van der Waals surface area contributed by atoms with Crippen molar-refractivity contribution in [1.29, 1.82) is 0 Å². The van der Waals surface area contributed by atoms with E-state index in [4.69, 9.17) is 21.1 Å². The molecule has 0 saturated carbocycles. The van der Waals surface area contributed by atoms with Crippen LogP contribution in [-0.2, 0) is 4.79 Å². The number of oxazole rings is 1. The maximum atomic E-state index is 11.1. The Labute approximate surface area is 153 Å². The van der Waals surface area contributed by atoms with Gasteiger partial charge in [0.05, 0.1) is 0 Å². The number of nitrogens with zero attached hydrogens (tertiary/aromatic N) is 1. The number of aromatic nitrogens is 1. The fraction of sp³-hybridized carbons (Fsp3) is 0.111. The molecule has 0 radical (unpaired) electrons. The van der Waals surface area contributed by atoms with Crippen molar-refractivity contribution in [2.75, 3.05) is 0 Å². The van der Waals surface area contributed by atoms with E-state index in [2.05, 4.69) is 4.98 Å². The van der Waals surface area contributed by atoms with Gasteiger partial charge in [0.25, 0.3) is 5.22 Å². The second kappa shape index (κ2) is 7.21. The van der Waals surface area contributed by atoms with E-state index < -0.39 is 11.2 Å². The van der Waals surface area contributed by atoms with E-state index in [1.807, 2.05) is 12.1 Å². The number of carbonyl (C=O) groups is 1. The number of carboxylic acids is 1. The third-order valence-corrected chi connectivity index (χ3v) is 4.66. The summed E-state index contributed by atoms with van der Waals surface area (Å²) in [7, 11) is 0. The lowest BCUT2D eigenvalue weighted by Crippen LogP contribution is -2.10. The molecule has 3 rings (SSSR count). The summed E-state index contributed by atoms with van der Waals surface area (Å²) in [5.41, 5.74) is 2.10. The molecule has 1 atom stereocenters. The van der Waals surface area contributed by atoms with Gasteiger partial charge in [-0.2, -0.15) is 0 Å². The number of hydrogen-bond acceptors (Lipinski definition) is 5. The Bertz CT molecular complexity index is 827. The molecule has 0 bridgehead atoms. The molecule has 0 saturated heterocycles. The summed E-state index contributed by atoms with van der Waals surface area (Å²) in [5.74, 6) is -0.278. The third kappa shape index (κ3) is 3.97. The number of hydrogen-bond donors (Lipinski definition) is 2. The third-order valence-electron chi connectivity index (χ3n) is 3.48. The Morgan fingerprint density at radius 2 is 1.72 bits per heavy atom. The smallest absolute Gasteiger partial charge is 0.316 e. The molecule has 3 aromatic rings. The van der Waals surface area contributed by atoms with Gasteiger partial charge in [-0.3, -0.25) is 4.79 Å². The van der Waals surface area contributed by atoms with Gasteiger partial charge in [0.15, 0.2) is 5.76 Å². The lowest BCUT2D eigenvalue weighted by Gasteiger charge is -2.02. The summed E-state index contributed by atoms with van der Waals surface area (Å²) in [6, 6.07) is 13.7. The zero-order valence-electron chi connectivity index (χ0n) is 13.1. The topological polar surface area (TPSA) is 83.6 Å². The SMILES string of the molecule is CC(Sc1nc(-c2ccc(O)cc2)c(-c2ccc(Cl)cc2)o1)C(=O)O. The molecule has 0 fully saturated rings. The molecule has 0 aliphatic heterocycles. The molecule has 1 heterocycles. The lowest BCUT2D eigenvalue weighted by atomic mass is 10.1. The largest absolute Gasteiger partial charge is 0.508 e. The second-order valence-corrected chi connectivity index (χ2v) is 7.04. The molecule has 0 spiro atoms. The van der Waals surface area contributed by atoms with Crippen LogP contribution in [0, 0.1) is 0 Å². The Morgan fingerprint density at radius 1 is 1.12 bits per heavy atom. The predicted molar refractivity (Wildman–Crippen MR) is 97.0 cm³/mol. The number of phenolic OH excluding ortho intramolecular Hbond substituents is 1. The minimum atomic E-state index is -0.942. The van der Waals surface area contributed by atoms with Crippen molar-refractivity contribution in [1.82, 2.24) is 4.98 Å². The number of phenols is 1. The number of benzene rings is 2. The molecule has 0 aliphatic rings. The van der Waals surface area contributed by atoms with E-state index in [0.717, 1.165) is 22.9 Å². The Balaban J connectivity index is 2.07. The van der Waals surface area contributed by atoms with Crippen LogP contribution >= 0.6 is 23.4 Å². The summed E-state index contributed by atoms with van der Waals surface area (Å²) in [4.78, 5) is 15.5. The van der Waals surface area contributed by atoms with Crippen LogP contribution in [0.5, 0.6) is 5.75 Å². The Kier molecular flexibility index (Phi) is 5.01. The summed E-state index contributed by atoms with van der Waals surface area (Å²) >= 11 is 6.97. The van der Waals surface area contributed by atoms with E-state index in [-0.39, 0.29) is 11.0 Å². The Hall–Kier alpha value is -2.44. The minimum absolute atomic E-state index is 0.148. The fourth-order valence-corrected chi connectivity index (χ4v) is 2.97. The lowest BCUT2D eigenvalue weighted by molar-refractivity contribution is -0.136. The summed E-state index contributed by atoms with van der Waals surface area (Å²) in [6.45, 7) is 1.57. The van der Waals surface area contributed by atoms with Crippen molar-refractivity contribution < 1.29 is 19.4 Å². The van der Waals surface area contributed by atoms with Gasteiger partial charge in [-0.15, -0.1) is 0 Å². The highest BCUT2D eigenvalue weighted by molar-refractivity contribution is 8.00. The molecule has 7 heteroatoms. The average molecular weight is 376 g/mol. The van der Waals surface area contributed by atoms with Gasteiger partial charge in [0, 0.05) is 16.1 Å². The van der Waals surface area contributed by atoms with Crippen LogP contribution in [0.4, 0.5) is 0 Å². The molecule has 1 unspecified atom stereocenters. The molecule has 128 valence electrons. The molecular weight excluding hydrogens is 362 g/mol. The van der Waals surface area contributed by atoms with Crippen molar-refractivity contribution in [3.05, 3.63) is 53.6 Å². The molecule has 0 aliphatic carbocycles. The summed E-state index contributed by atoms with van der Waals surface area (Å²) in [5, 5.41) is 18.7. The van der Waals surface area contributed by atoms with Crippen molar-refractivity contribution in [3.63, 3.8) is 0 Å². The standard InChI is InChI=1S/C18H14ClNO4S/c1-10(17(22)23)25-18-20-15(11-4-8-14(21)9-5-11)16(24-18)12-2-6-13(19)7-3-12/h2-10,21H,1H3,(H,22,23). The van der Waals surface area contributed by atoms with E-state index in [9.17, 15) is 9.90 Å². The zero-order valence-corrected chi connectivity index (χ0v) is 14.7. The van der Waals surface area contributed by atoms with Crippen molar-refractivity contribution >= 4 is 29.3 Å². The van der Waals surface area contributed by atoms with Crippen LogP contribution in [0.15, 0.2) is 58.2 Å². The summed E-state index contributed by atoms with van der Waals surface area (Å²) < 4.78 is 5.83. The Morgan fingerprint density at radius 3 is 2.32 bits per heavy atom. The highest BCUT2D eigenvalue weighted by Gasteiger charge is 2.21. The normalized spacial score (nSPS) is 12.1. The van der Waals surface area contributed by atoms with Crippen LogP contribution < -0.4 is 0 Å². The van der Waals surface area contributed by atoms with E-state index in [1.165, 1.54) is 0 Å². The summed E-state index contributed by atoms with van der Waals surface area (Å²) in [6.07, 6.45) is 0. The van der Waals surface area contributed by atoms with Gasteiger partial charge in [-0.05, 0) is 55.5 Å². The van der Waals surface area contributed by atoms with Crippen LogP contribution in [0.2, 0.25) is 5.02 Å². The fourth-order valence-electron chi connectivity index (χ4n) is 2.16. The van der Waals surface area contributed by atoms with E-state index in [1.54, 1.807) is 43.3 Å². The minimum Gasteiger partial charge on any atom is -0.508 e. The highest BCUT2D eigenvalue weighted by atomic mass is 35.5. The quantitative estimate of drug-likeness (QED) is 0.615. The van der Waals surface area contributed by atoms with Gasteiger partial charge in [0.2, 0.25) is 0 Å². The van der Waals surface area contributed by atoms with Gasteiger partial charge in [0.1, 0.15) is 16.7 Å². The van der Waals surface area contributed by atoms with Crippen molar-refractivity contribution in [3.8, 4) is 28.3 Å². The van der Waals surface area contributed by atoms with Gasteiger partial charge < -0.3 is 14.6 Å². The molecule has 2 aromatic carbocycles. The molecule has 5 nitrogen and oxygen atoms in total. The van der Waals surface area contributed by atoms with Gasteiger partial charge in [-0.1, -0.05) is 23.4 Å². The van der Waals surface area contributed by atoms with Gasteiger partial charge in [-0.25, -0.2) is 4.98 Å². The molecule has 2 N–H and O–H groups in total. The number of thioether (sulfide) groups is 1. The number of carboxylic acid groups (broad SMARTS) is 1. The molecule has 0 amide bonds. The van der Waals surface area contributed by atoms with Crippen LogP contribution in [-0.4, -0.2) is 26.4 Å². The van der Waals surface area contributed by atoms with Crippen LogP contribution in [0.1, 0.15) is 6.92 Å². The van der Waals surface area contributed by atoms with E-state index in [0.29, 0.717) is 16.5 Å². The average Bonchev–Trinajstić information content (AvgIpc) is 3.00. The number of halogens is 1. The van der Waals surface area contributed by atoms with Crippen LogP contribution in [0.25, 0.3) is 22.6 Å². The first-order valence-corrected chi connectivity index (χ1v) is 8.65.